The van der Waals surface area contributed by atoms with Crippen LogP contribution in [0.2, 0.25) is 0 Å². The average Bonchev–Trinajstić information content (AvgIpc) is 3.52. The molecule has 0 bridgehead atoms. The first-order valence-electron chi connectivity index (χ1n) is 14.4. The van der Waals surface area contributed by atoms with Gasteiger partial charge in [0.1, 0.15) is 25.3 Å². The summed E-state index contributed by atoms with van der Waals surface area (Å²) in [5.74, 6) is 0.504. The maximum absolute atomic E-state index is 14.2. The first-order chi connectivity index (χ1) is 20.4. The standard InChI is InChI=1S/C32H35F2N5O3/c1-2-5-29-28(16-22-8-10-23(11-9-22)27-7-4-3-6-24(27)17-35)30(40)38(31-36-21-37-39(29)31)25-12-14-26(15-13-25)42-20-32(41,18-33)19-34/h3-4,6-11,21,25-26,41H,2,5,12-16,18-20H2,1H3. The number of alkyl halides is 2. The summed E-state index contributed by atoms with van der Waals surface area (Å²) in [6.07, 6.45) is 5.57. The normalized spacial score (nSPS) is 17.4. The molecule has 5 rings (SSSR count). The molecule has 1 saturated carbocycles. The fourth-order valence-corrected chi connectivity index (χ4v) is 5.77. The zero-order chi connectivity index (χ0) is 29.7. The zero-order valence-corrected chi connectivity index (χ0v) is 23.7. The fraction of sp³-hybridized carbons (Fsp3) is 0.438. The van der Waals surface area contributed by atoms with Crippen LogP contribution in [0.4, 0.5) is 8.78 Å². The molecule has 1 aliphatic carbocycles. The smallest absolute Gasteiger partial charge is 0.259 e. The largest absolute Gasteiger partial charge is 0.382 e. The van der Waals surface area contributed by atoms with E-state index in [2.05, 4.69) is 23.1 Å². The highest BCUT2D eigenvalue weighted by atomic mass is 19.1. The number of benzene rings is 2. The van der Waals surface area contributed by atoms with Crippen LogP contribution in [-0.2, 0) is 17.6 Å². The van der Waals surface area contributed by atoms with Crippen molar-refractivity contribution in [3.05, 3.63) is 87.6 Å². The van der Waals surface area contributed by atoms with Gasteiger partial charge < -0.3 is 9.84 Å². The summed E-state index contributed by atoms with van der Waals surface area (Å²) in [5.41, 5.74) is 2.70. The Hall–Kier alpha value is -3.94. The lowest BCUT2D eigenvalue weighted by Gasteiger charge is -2.32. The average molecular weight is 576 g/mol. The molecule has 2 aromatic carbocycles. The monoisotopic (exact) mass is 575 g/mol. The van der Waals surface area contributed by atoms with Crippen molar-refractivity contribution in [1.82, 2.24) is 19.2 Å². The third kappa shape index (κ3) is 5.98. The summed E-state index contributed by atoms with van der Waals surface area (Å²) >= 11 is 0. The van der Waals surface area contributed by atoms with Crippen LogP contribution in [-0.4, -0.2) is 55.9 Å². The number of nitriles is 1. The molecule has 0 radical (unpaired) electrons. The minimum atomic E-state index is -2.11. The second-order valence-corrected chi connectivity index (χ2v) is 11.1. The number of fused-ring (bicyclic) bond motifs is 1. The quantitative estimate of drug-likeness (QED) is 0.265. The van der Waals surface area contributed by atoms with Crippen LogP contribution in [0.3, 0.4) is 0 Å². The molecule has 10 heteroatoms. The Morgan fingerprint density at radius 3 is 2.48 bits per heavy atom. The van der Waals surface area contributed by atoms with E-state index in [4.69, 9.17) is 4.74 Å². The van der Waals surface area contributed by atoms with E-state index >= 15 is 0 Å². The molecule has 2 heterocycles. The van der Waals surface area contributed by atoms with E-state index in [1.165, 1.54) is 6.33 Å². The van der Waals surface area contributed by atoms with E-state index in [1.54, 1.807) is 15.1 Å². The van der Waals surface area contributed by atoms with Crippen molar-refractivity contribution in [2.45, 2.75) is 69.6 Å². The van der Waals surface area contributed by atoms with Crippen LogP contribution in [0, 0.1) is 11.3 Å². The lowest BCUT2D eigenvalue weighted by Crippen LogP contribution is -2.41. The number of aromatic nitrogens is 4. The van der Waals surface area contributed by atoms with E-state index in [0.29, 0.717) is 55.4 Å². The second kappa shape index (κ2) is 12.9. The van der Waals surface area contributed by atoms with Crippen LogP contribution >= 0.6 is 0 Å². The number of hydrogen-bond acceptors (Lipinski definition) is 6. The third-order valence-corrected chi connectivity index (χ3v) is 8.10. The highest BCUT2D eigenvalue weighted by molar-refractivity contribution is 5.70. The topological polar surface area (TPSA) is 105 Å². The summed E-state index contributed by atoms with van der Waals surface area (Å²) in [5, 5.41) is 23.9. The van der Waals surface area contributed by atoms with E-state index in [-0.39, 0.29) is 17.7 Å². The third-order valence-electron chi connectivity index (χ3n) is 8.10. The van der Waals surface area contributed by atoms with Gasteiger partial charge in [-0.25, -0.2) is 13.3 Å². The summed E-state index contributed by atoms with van der Waals surface area (Å²) < 4.78 is 35.2. The minimum absolute atomic E-state index is 0.0912. The lowest BCUT2D eigenvalue weighted by atomic mass is 9.92. The second-order valence-electron chi connectivity index (χ2n) is 11.1. The van der Waals surface area contributed by atoms with Gasteiger partial charge in [-0.1, -0.05) is 55.8 Å². The first kappa shape index (κ1) is 29.5. The van der Waals surface area contributed by atoms with Crippen LogP contribution in [0.15, 0.2) is 59.7 Å². The van der Waals surface area contributed by atoms with Crippen LogP contribution in [0.25, 0.3) is 16.9 Å². The fourth-order valence-electron chi connectivity index (χ4n) is 5.77. The number of hydrogen-bond donors (Lipinski definition) is 1. The Morgan fingerprint density at radius 1 is 1.10 bits per heavy atom. The maximum Gasteiger partial charge on any atom is 0.259 e. The molecule has 0 unspecified atom stereocenters. The summed E-state index contributed by atoms with van der Waals surface area (Å²) in [7, 11) is 0. The van der Waals surface area contributed by atoms with Gasteiger partial charge in [-0.05, 0) is 54.9 Å². The van der Waals surface area contributed by atoms with Crippen molar-refractivity contribution in [2.24, 2.45) is 0 Å². The van der Waals surface area contributed by atoms with Gasteiger partial charge in [-0.3, -0.25) is 9.36 Å². The number of halogens is 2. The molecule has 2 aromatic heterocycles. The van der Waals surface area contributed by atoms with Gasteiger partial charge in [0.05, 0.1) is 30.0 Å². The summed E-state index contributed by atoms with van der Waals surface area (Å²) in [6, 6.07) is 17.5. The molecule has 1 aliphatic rings. The van der Waals surface area contributed by atoms with Crippen molar-refractivity contribution in [2.75, 3.05) is 20.0 Å². The highest BCUT2D eigenvalue weighted by Gasteiger charge is 2.32. The Bertz CT molecular complexity index is 1610. The number of rotatable bonds is 11. The Kier molecular flexibility index (Phi) is 9.09. The van der Waals surface area contributed by atoms with Crippen LogP contribution in [0.1, 0.15) is 67.5 Å². The van der Waals surface area contributed by atoms with E-state index in [1.807, 2.05) is 42.5 Å². The Labute approximate surface area is 243 Å². The number of nitrogens with zero attached hydrogens (tertiary/aromatic N) is 5. The molecule has 0 saturated heterocycles. The molecule has 8 nitrogen and oxygen atoms in total. The van der Waals surface area contributed by atoms with Gasteiger partial charge in [0, 0.05) is 18.0 Å². The molecule has 1 N–H and O–H groups in total. The highest BCUT2D eigenvalue weighted by Crippen LogP contribution is 2.32. The molecule has 220 valence electrons. The number of aryl methyl sites for hydroxylation is 1. The van der Waals surface area contributed by atoms with Crippen molar-refractivity contribution >= 4 is 5.78 Å². The van der Waals surface area contributed by atoms with E-state index in [9.17, 15) is 23.9 Å². The SMILES string of the molecule is CCCc1c(Cc2ccc(-c3ccccc3C#N)cc2)c(=O)n(C2CCC(OCC(O)(CF)CF)CC2)c2ncnn12. The van der Waals surface area contributed by atoms with Gasteiger partial charge in [0.15, 0.2) is 0 Å². The Balaban J connectivity index is 1.42. The molecule has 4 aromatic rings. The number of ether oxygens (including phenoxy) is 1. The molecule has 0 amide bonds. The molecule has 42 heavy (non-hydrogen) atoms. The maximum atomic E-state index is 14.2. The van der Waals surface area contributed by atoms with Crippen molar-refractivity contribution in [1.29, 1.82) is 5.26 Å². The molecule has 0 aliphatic heterocycles. The minimum Gasteiger partial charge on any atom is -0.382 e. The first-order valence-corrected chi connectivity index (χ1v) is 14.4. The van der Waals surface area contributed by atoms with Crippen LogP contribution in [0.5, 0.6) is 0 Å². The molecular weight excluding hydrogens is 540 g/mol. The predicted octanol–water partition coefficient (Wildman–Crippen LogP) is 5.14. The zero-order valence-electron chi connectivity index (χ0n) is 23.7. The van der Waals surface area contributed by atoms with Gasteiger partial charge in [0.25, 0.3) is 5.56 Å². The van der Waals surface area contributed by atoms with Crippen molar-refractivity contribution < 1.29 is 18.6 Å². The van der Waals surface area contributed by atoms with Gasteiger partial charge in [-0.2, -0.15) is 15.3 Å². The Morgan fingerprint density at radius 2 is 1.81 bits per heavy atom. The number of aliphatic hydroxyl groups is 1. The van der Waals surface area contributed by atoms with Crippen molar-refractivity contribution in [3.8, 4) is 17.2 Å². The van der Waals surface area contributed by atoms with E-state index < -0.39 is 25.6 Å². The molecule has 0 atom stereocenters. The van der Waals surface area contributed by atoms with E-state index in [0.717, 1.165) is 28.8 Å². The predicted molar refractivity (Wildman–Crippen MR) is 155 cm³/mol. The molecule has 0 spiro atoms. The molecule has 1 fully saturated rings. The van der Waals surface area contributed by atoms with Gasteiger partial charge in [0.2, 0.25) is 5.78 Å². The summed E-state index contributed by atoms with van der Waals surface area (Å²) in [4.78, 5) is 18.6. The van der Waals surface area contributed by atoms with Gasteiger partial charge >= 0.3 is 0 Å². The van der Waals surface area contributed by atoms with Crippen molar-refractivity contribution in [3.63, 3.8) is 0 Å². The summed E-state index contributed by atoms with van der Waals surface area (Å²) in [6.45, 7) is -0.752. The lowest BCUT2D eigenvalue weighted by molar-refractivity contribution is -0.102. The molecular formula is C32H35F2N5O3. The van der Waals surface area contributed by atoms with Crippen LogP contribution < -0.4 is 5.56 Å². The van der Waals surface area contributed by atoms with Gasteiger partial charge in [-0.15, -0.1) is 0 Å².